The van der Waals surface area contributed by atoms with Crippen molar-refractivity contribution in [3.63, 3.8) is 0 Å². The molecule has 5 nitrogen and oxygen atoms in total. The van der Waals surface area contributed by atoms with Gasteiger partial charge in [0.2, 0.25) is 0 Å². The Labute approximate surface area is 99.9 Å². The molecule has 2 rings (SSSR count). The minimum atomic E-state index is 0.128. The second-order valence-electron chi connectivity index (χ2n) is 4.48. The van der Waals surface area contributed by atoms with Gasteiger partial charge in [-0.25, -0.2) is 0 Å². The average Bonchev–Trinajstić information content (AvgIpc) is 2.65. The first-order chi connectivity index (χ1) is 8.08. The number of aromatic nitrogens is 3. The van der Waals surface area contributed by atoms with Crippen molar-refractivity contribution in [2.24, 2.45) is 5.92 Å². The Morgan fingerprint density at radius 3 is 2.82 bits per heavy atom. The maximum absolute atomic E-state index is 9.86. The quantitative estimate of drug-likeness (QED) is 0.792. The number of benzene rings is 1. The van der Waals surface area contributed by atoms with Crippen molar-refractivity contribution < 1.29 is 5.11 Å². The normalized spacial score (nSPS) is 11.0. The fourth-order valence-corrected chi connectivity index (χ4v) is 1.73. The average molecular weight is 232 g/mol. The highest BCUT2D eigenvalue weighted by molar-refractivity contribution is 5.67. The van der Waals surface area contributed by atoms with E-state index < -0.39 is 0 Å². The number of aromatic hydroxyl groups is 1. The van der Waals surface area contributed by atoms with Crippen LogP contribution >= 0.6 is 0 Å². The summed E-state index contributed by atoms with van der Waals surface area (Å²) in [6, 6.07) is 5.01. The summed E-state index contributed by atoms with van der Waals surface area (Å²) >= 11 is 0. The molecule has 5 heteroatoms. The van der Waals surface area contributed by atoms with Crippen molar-refractivity contribution in [2.75, 3.05) is 5.73 Å². The second kappa shape index (κ2) is 4.45. The van der Waals surface area contributed by atoms with Crippen LogP contribution in [0.4, 0.5) is 5.69 Å². The number of nitrogens with two attached hydrogens (primary N) is 1. The zero-order valence-electron chi connectivity index (χ0n) is 9.96. The summed E-state index contributed by atoms with van der Waals surface area (Å²) in [4.78, 5) is 0. The lowest BCUT2D eigenvalue weighted by Gasteiger charge is -2.10. The summed E-state index contributed by atoms with van der Waals surface area (Å²) in [5, 5.41) is 17.8. The zero-order chi connectivity index (χ0) is 12.4. The Kier molecular flexibility index (Phi) is 2.99. The molecule has 0 aliphatic carbocycles. The van der Waals surface area contributed by atoms with Gasteiger partial charge < -0.3 is 15.4 Å². The van der Waals surface area contributed by atoms with Gasteiger partial charge in [-0.05, 0) is 18.1 Å². The lowest BCUT2D eigenvalue weighted by atomic mass is 10.1. The van der Waals surface area contributed by atoms with Gasteiger partial charge >= 0.3 is 0 Å². The molecule has 1 heterocycles. The Hall–Kier alpha value is -2.04. The summed E-state index contributed by atoms with van der Waals surface area (Å²) in [6.07, 6.45) is 1.67. The van der Waals surface area contributed by atoms with E-state index in [2.05, 4.69) is 24.0 Å². The SMILES string of the molecule is CC(C)Cn1cnnc1-c1ccc(N)cc1O. The van der Waals surface area contributed by atoms with Gasteiger partial charge in [0.1, 0.15) is 12.1 Å². The highest BCUT2D eigenvalue weighted by atomic mass is 16.3. The third-order valence-electron chi connectivity index (χ3n) is 2.44. The molecule has 0 aliphatic heterocycles. The largest absolute Gasteiger partial charge is 0.507 e. The fourth-order valence-electron chi connectivity index (χ4n) is 1.73. The molecule has 0 atom stereocenters. The number of hydrogen-bond donors (Lipinski definition) is 2. The minimum absolute atomic E-state index is 0.128. The maximum Gasteiger partial charge on any atom is 0.167 e. The predicted molar refractivity (Wildman–Crippen MR) is 66.4 cm³/mol. The highest BCUT2D eigenvalue weighted by Gasteiger charge is 2.12. The second-order valence-corrected chi connectivity index (χ2v) is 4.48. The van der Waals surface area contributed by atoms with Crippen LogP contribution in [-0.4, -0.2) is 19.9 Å². The number of nitrogens with zero attached hydrogens (tertiary/aromatic N) is 3. The van der Waals surface area contributed by atoms with Crippen LogP contribution in [0.3, 0.4) is 0 Å². The van der Waals surface area contributed by atoms with Gasteiger partial charge in [-0.3, -0.25) is 0 Å². The molecule has 1 aromatic heterocycles. The minimum Gasteiger partial charge on any atom is -0.507 e. The first kappa shape index (κ1) is 11.4. The molecule has 0 saturated carbocycles. The van der Waals surface area contributed by atoms with Crippen LogP contribution in [0.25, 0.3) is 11.4 Å². The number of hydrogen-bond acceptors (Lipinski definition) is 4. The van der Waals surface area contributed by atoms with Crippen molar-refractivity contribution >= 4 is 5.69 Å². The van der Waals surface area contributed by atoms with E-state index in [1.54, 1.807) is 18.5 Å². The van der Waals surface area contributed by atoms with E-state index >= 15 is 0 Å². The van der Waals surface area contributed by atoms with Gasteiger partial charge in [0.25, 0.3) is 0 Å². The van der Waals surface area contributed by atoms with Crippen LogP contribution in [0.15, 0.2) is 24.5 Å². The smallest absolute Gasteiger partial charge is 0.167 e. The predicted octanol–water partition coefficient (Wildman–Crippen LogP) is 1.89. The molecule has 0 radical (unpaired) electrons. The van der Waals surface area contributed by atoms with Crippen LogP contribution in [0.5, 0.6) is 5.75 Å². The van der Waals surface area contributed by atoms with E-state index in [0.29, 0.717) is 23.0 Å². The third kappa shape index (κ3) is 2.38. The molecule has 1 aromatic carbocycles. The Morgan fingerprint density at radius 2 is 2.18 bits per heavy atom. The Bertz CT molecular complexity index is 519. The highest BCUT2D eigenvalue weighted by Crippen LogP contribution is 2.29. The van der Waals surface area contributed by atoms with E-state index in [4.69, 9.17) is 5.73 Å². The number of anilines is 1. The summed E-state index contributed by atoms with van der Waals surface area (Å²) in [7, 11) is 0. The standard InChI is InChI=1S/C12H16N4O/c1-8(2)6-16-7-14-15-12(16)10-4-3-9(13)5-11(10)17/h3-5,7-8,17H,6,13H2,1-2H3. The topological polar surface area (TPSA) is 77.0 Å². The first-order valence-electron chi connectivity index (χ1n) is 5.54. The number of phenolic OH excluding ortho intramolecular Hbond substituents is 1. The summed E-state index contributed by atoms with van der Waals surface area (Å²) in [6.45, 7) is 5.05. The summed E-state index contributed by atoms with van der Waals surface area (Å²) < 4.78 is 1.93. The lowest BCUT2D eigenvalue weighted by Crippen LogP contribution is -2.05. The molecule has 0 saturated heterocycles. The zero-order valence-corrected chi connectivity index (χ0v) is 9.96. The van der Waals surface area contributed by atoms with Crippen molar-refractivity contribution in [3.8, 4) is 17.1 Å². The van der Waals surface area contributed by atoms with E-state index in [-0.39, 0.29) is 5.75 Å². The summed E-state index contributed by atoms with van der Waals surface area (Å²) in [5.41, 5.74) is 6.78. The van der Waals surface area contributed by atoms with Crippen molar-refractivity contribution in [3.05, 3.63) is 24.5 Å². The van der Waals surface area contributed by atoms with Crippen LogP contribution in [0.2, 0.25) is 0 Å². The fraction of sp³-hybridized carbons (Fsp3) is 0.333. The molecule has 0 unspecified atom stereocenters. The molecule has 90 valence electrons. The number of phenols is 1. The van der Waals surface area contributed by atoms with Crippen LogP contribution in [0, 0.1) is 5.92 Å². The molecular formula is C12H16N4O. The lowest BCUT2D eigenvalue weighted by molar-refractivity contribution is 0.475. The van der Waals surface area contributed by atoms with Crippen LogP contribution < -0.4 is 5.73 Å². The van der Waals surface area contributed by atoms with Crippen molar-refractivity contribution in [1.29, 1.82) is 0 Å². The Balaban J connectivity index is 2.42. The van der Waals surface area contributed by atoms with Crippen LogP contribution in [-0.2, 0) is 6.54 Å². The van der Waals surface area contributed by atoms with E-state index in [1.807, 2.05) is 4.57 Å². The van der Waals surface area contributed by atoms with Crippen LogP contribution in [0.1, 0.15) is 13.8 Å². The van der Waals surface area contributed by atoms with E-state index in [1.165, 1.54) is 6.07 Å². The van der Waals surface area contributed by atoms with Gasteiger partial charge in [0, 0.05) is 18.3 Å². The molecule has 2 aromatic rings. The van der Waals surface area contributed by atoms with E-state index in [9.17, 15) is 5.11 Å². The van der Waals surface area contributed by atoms with Gasteiger partial charge in [0.15, 0.2) is 5.82 Å². The van der Waals surface area contributed by atoms with Gasteiger partial charge in [-0.1, -0.05) is 13.8 Å². The number of rotatable bonds is 3. The third-order valence-corrected chi connectivity index (χ3v) is 2.44. The molecule has 17 heavy (non-hydrogen) atoms. The molecule has 0 aliphatic rings. The Morgan fingerprint density at radius 1 is 1.41 bits per heavy atom. The molecule has 0 bridgehead atoms. The molecule has 3 N–H and O–H groups in total. The van der Waals surface area contributed by atoms with Crippen molar-refractivity contribution in [1.82, 2.24) is 14.8 Å². The molecule has 0 spiro atoms. The first-order valence-corrected chi connectivity index (χ1v) is 5.54. The maximum atomic E-state index is 9.86. The van der Waals surface area contributed by atoms with Gasteiger partial charge in [-0.2, -0.15) is 0 Å². The van der Waals surface area contributed by atoms with Crippen molar-refractivity contribution in [2.45, 2.75) is 20.4 Å². The van der Waals surface area contributed by atoms with Gasteiger partial charge in [0.05, 0.1) is 5.56 Å². The monoisotopic (exact) mass is 232 g/mol. The van der Waals surface area contributed by atoms with E-state index in [0.717, 1.165) is 6.54 Å². The van der Waals surface area contributed by atoms with Gasteiger partial charge in [-0.15, -0.1) is 10.2 Å². The number of nitrogen functional groups attached to an aromatic ring is 1. The molecule has 0 fully saturated rings. The summed E-state index contributed by atoms with van der Waals surface area (Å²) in [5.74, 6) is 1.28. The molecular weight excluding hydrogens is 216 g/mol. The molecule has 0 amide bonds.